The lowest BCUT2D eigenvalue weighted by molar-refractivity contribution is -0.146. The highest BCUT2D eigenvalue weighted by molar-refractivity contribution is 5.79. The predicted octanol–water partition coefficient (Wildman–Crippen LogP) is 1.55. The van der Waals surface area contributed by atoms with E-state index in [-0.39, 0.29) is 43.0 Å². The second-order valence-electron chi connectivity index (χ2n) is 8.07. The molecule has 1 amide bonds. The molecule has 0 bridgehead atoms. The molecule has 2 saturated carbocycles. The summed E-state index contributed by atoms with van der Waals surface area (Å²) in [5.74, 6) is 0.583. The molecular weight excluding hydrogens is 325 g/mol. The summed E-state index contributed by atoms with van der Waals surface area (Å²) in [5.41, 5.74) is -0.136. The SMILES string of the molecule is CC(=O)O[C@H]1C[C@@H]2C[C@](C)(NCC(=O)N3C[C@@H](F)C[C@H]3C#N)C[C@H]2C1. The number of carbonyl (C=O) groups is 2. The molecule has 0 aromatic heterocycles. The Bertz CT molecular complexity index is 577. The summed E-state index contributed by atoms with van der Waals surface area (Å²) in [5, 5.41) is 12.4. The van der Waals surface area contributed by atoms with Crippen LogP contribution in [0.2, 0.25) is 0 Å². The molecule has 0 aromatic carbocycles. The average Bonchev–Trinajstić information content (AvgIpc) is 3.15. The maximum absolute atomic E-state index is 13.5. The van der Waals surface area contributed by atoms with Crippen LogP contribution in [0.15, 0.2) is 0 Å². The van der Waals surface area contributed by atoms with Gasteiger partial charge in [0.25, 0.3) is 0 Å². The third kappa shape index (κ3) is 3.95. The quantitative estimate of drug-likeness (QED) is 0.777. The Morgan fingerprint density at radius 2 is 1.96 bits per heavy atom. The Labute approximate surface area is 147 Å². The molecule has 0 radical (unpaired) electrons. The molecule has 138 valence electrons. The molecule has 7 heteroatoms. The van der Waals surface area contributed by atoms with E-state index in [9.17, 15) is 14.0 Å². The number of hydrogen-bond acceptors (Lipinski definition) is 5. The van der Waals surface area contributed by atoms with Gasteiger partial charge in [-0.25, -0.2) is 4.39 Å². The van der Waals surface area contributed by atoms with E-state index < -0.39 is 12.2 Å². The van der Waals surface area contributed by atoms with Crippen molar-refractivity contribution in [3.8, 4) is 6.07 Å². The predicted molar refractivity (Wildman–Crippen MR) is 88.0 cm³/mol. The maximum atomic E-state index is 13.5. The molecular formula is C18H26FN3O3. The van der Waals surface area contributed by atoms with Crippen LogP contribution in [0.25, 0.3) is 0 Å². The number of carbonyl (C=O) groups excluding carboxylic acids is 2. The number of fused-ring (bicyclic) bond motifs is 1. The molecule has 0 unspecified atom stereocenters. The minimum absolute atomic E-state index is 0.0186. The lowest BCUT2D eigenvalue weighted by Gasteiger charge is -2.29. The molecule has 1 aliphatic heterocycles. The zero-order valence-corrected chi connectivity index (χ0v) is 14.8. The first kappa shape index (κ1) is 18.1. The first-order valence-corrected chi connectivity index (χ1v) is 9.05. The molecule has 6 nitrogen and oxygen atoms in total. The van der Waals surface area contributed by atoms with Crippen LogP contribution >= 0.6 is 0 Å². The van der Waals surface area contributed by atoms with E-state index in [0.29, 0.717) is 11.8 Å². The number of alkyl halides is 1. The van der Waals surface area contributed by atoms with E-state index in [0.717, 1.165) is 25.7 Å². The van der Waals surface area contributed by atoms with Crippen LogP contribution in [0.3, 0.4) is 0 Å². The van der Waals surface area contributed by atoms with E-state index in [1.54, 1.807) is 0 Å². The van der Waals surface area contributed by atoms with Gasteiger partial charge < -0.3 is 15.0 Å². The van der Waals surface area contributed by atoms with E-state index in [1.165, 1.54) is 11.8 Å². The van der Waals surface area contributed by atoms with Crippen molar-refractivity contribution in [1.82, 2.24) is 10.2 Å². The molecule has 3 rings (SSSR count). The van der Waals surface area contributed by atoms with Crippen LogP contribution < -0.4 is 5.32 Å². The Balaban J connectivity index is 1.49. The summed E-state index contributed by atoms with van der Waals surface area (Å²) in [6.07, 6.45) is 2.70. The fraction of sp³-hybridized carbons (Fsp3) is 0.833. The fourth-order valence-corrected chi connectivity index (χ4v) is 4.95. The number of nitrogens with one attached hydrogen (secondary N) is 1. The van der Waals surface area contributed by atoms with Crippen molar-refractivity contribution < 1.29 is 18.7 Å². The highest BCUT2D eigenvalue weighted by Crippen LogP contribution is 2.49. The van der Waals surface area contributed by atoms with Gasteiger partial charge in [-0.15, -0.1) is 0 Å². The molecule has 4 atom stereocenters. The summed E-state index contributed by atoms with van der Waals surface area (Å²) in [4.78, 5) is 24.8. The zero-order valence-electron chi connectivity index (χ0n) is 14.8. The number of nitriles is 1. The van der Waals surface area contributed by atoms with Crippen molar-refractivity contribution in [2.24, 2.45) is 11.8 Å². The van der Waals surface area contributed by atoms with Crippen LogP contribution in [0, 0.1) is 23.2 Å². The molecule has 0 aromatic rings. The van der Waals surface area contributed by atoms with Gasteiger partial charge in [-0.2, -0.15) is 5.26 Å². The Hall–Kier alpha value is -1.68. The fourth-order valence-electron chi connectivity index (χ4n) is 4.95. The van der Waals surface area contributed by atoms with Gasteiger partial charge in [0.1, 0.15) is 18.3 Å². The van der Waals surface area contributed by atoms with Crippen LogP contribution in [0.5, 0.6) is 0 Å². The molecule has 25 heavy (non-hydrogen) atoms. The van der Waals surface area contributed by atoms with Crippen molar-refractivity contribution in [1.29, 1.82) is 5.26 Å². The van der Waals surface area contributed by atoms with Gasteiger partial charge in [-0.3, -0.25) is 9.59 Å². The van der Waals surface area contributed by atoms with Crippen molar-refractivity contribution in [2.75, 3.05) is 13.1 Å². The number of rotatable bonds is 4. The zero-order chi connectivity index (χ0) is 18.2. The molecule has 2 aliphatic carbocycles. The van der Waals surface area contributed by atoms with Crippen molar-refractivity contribution in [3.05, 3.63) is 0 Å². The third-order valence-electron chi connectivity index (χ3n) is 5.94. The molecule has 1 saturated heterocycles. The minimum Gasteiger partial charge on any atom is -0.463 e. The highest BCUT2D eigenvalue weighted by atomic mass is 19.1. The Morgan fingerprint density at radius 1 is 1.32 bits per heavy atom. The van der Waals surface area contributed by atoms with Gasteiger partial charge in [-0.05, 0) is 44.4 Å². The van der Waals surface area contributed by atoms with Gasteiger partial charge in [0.05, 0.1) is 19.2 Å². The number of amides is 1. The topological polar surface area (TPSA) is 82.4 Å². The largest absolute Gasteiger partial charge is 0.463 e. The number of esters is 1. The van der Waals surface area contributed by atoms with Crippen LogP contribution in [0.4, 0.5) is 4.39 Å². The van der Waals surface area contributed by atoms with E-state index in [1.807, 2.05) is 6.07 Å². The standard InChI is InChI=1S/C18H26FN3O3/c1-11(23)25-16-3-12-6-18(2,7-13(12)4-16)21-9-17(24)22-10-14(19)5-15(22)8-20/h12-16,21H,3-7,9-10H2,1-2H3/t12-,13-,14+,15+,16-,18-/m1/s1. The van der Waals surface area contributed by atoms with Crippen LogP contribution in [0.1, 0.15) is 46.0 Å². The monoisotopic (exact) mass is 351 g/mol. The average molecular weight is 351 g/mol. The van der Waals surface area contributed by atoms with Gasteiger partial charge in [0.2, 0.25) is 5.91 Å². The molecule has 3 aliphatic rings. The lowest BCUT2D eigenvalue weighted by Crippen LogP contribution is -2.48. The summed E-state index contributed by atoms with van der Waals surface area (Å²) in [7, 11) is 0. The summed E-state index contributed by atoms with van der Waals surface area (Å²) >= 11 is 0. The van der Waals surface area contributed by atoms with Crippen molar-refractivity contribution in [2.45, 2.75) is 69.8 Å². The van der Waals surface area contributed by atoms with Crippen LogP contribution in [-0.2, 0) is 14.3 Å². The molecule has 0 spiro atoms. The first-order valence-electron chi connectivity index (χ1n) is 9.05. The highest BCUT2D eigenvalue weighted by Gasteiger charge is 2.48. The van der Waals surface area contributed by atoms with E-state index in [4.69, 9.17) is 10.00 Å². The Morgan fingerprint density at radius 3 is 2.52 bits per heavy atom. The molecule has 3 fully saturated rings. The van der Waals surface area contributed by atoms with Crippen LogP contribution in [-0.4, -0.2) is 53.7 Å². The van der Waals surface area contributed by atoms with Gasteiger partial charge in [-0.1, -0.05) is 0 Å². The second-order valence-corrected chi connectivity index (χ2v) is 8.07. The number of halogens is 1. The van der Waals surface area contributed by atoms with Gasteiger partial charge in [0, 0.05) is 18.9 Å². The number of hydrogen-bond donors (Lipinski definition) is 1. The normalized spacial score (nSPS) is 39.9. The molecule has 1 N–H and O–H groups in total. The number of likely N-dealkylation sites (tertiary alicyclic amines) is 1. The minimum atomic E-state index is -1.10. The summed E-state index contributed by atoms with van der Waals surface area (Å²) in [6.45, 7) is 3.71. The smallest absolute Gasteiger partial charge is 0.302 e. The third-order valence-corrected chi connectivity index (χ3v) is 5.94. The first-order chi connectivity index (χ1) is 11.8. The summed E-state index contributed by atoms with van der Waals surface area (Å²) < 4.78 is 18.8. The van der Waals surface area contributed by atoms with E-state index >= 15 is 0 Å². The number of ether oxygens (including phenoxy) is 1. The second kappa shape index (κ2) is 6.91. The van der Waals surface area contributed by atoms with E-state index in [2.05, 4.69) is 12.2 Å². The maximum Gasteiger partial charge on any atom is 0.302 e. The lowest BCUT2D eigenvalue weighted by atomic mass is 9.95. The Kier molecular flexibility index (Phi) is 5.01. The van der Waals surface area contributed by atoms with Crippen molar-refractivity contribution >= 4 is 11.9 Å². The van der Waals surface area contributed by atoms with Gasteiger partial charge >= 0.3 is 5.97 Å². The molecule has 1 heterocycles. The number of nitrogens with zero attached hydrogens (tertiary/aromatic N) is 2. The van der Waals surface area contributed by atoms with Gasteiger partial charge in [0.15, 0.2) is 0 Å². The summed E-state index contributed by atoms with van der Waals surface area (Å²) in [6, 6.07) is 1.36. The van der Waals surface area contributed by atoms with Crippen molar-refractivity contribution in [3.63, 3.8) is 0 Å².